The molecule has 0 aliphatic carbocycles. The van der Waals surface area contributed by atoms with Gasteiger partial charge in [-0.05, 0) is 56.1 Å². The third-order valence-corrected chi connectivity index (χ3v) is 4.95. The number of para-hydroxylation sites is 1. The fourth-order valence-electron chi connectivity index (χ4n) is 3.78. The van der Waals surface area contributed by atoms with Gasteiger partial charge in [-0.1, -0.05) is 24.3 Å². The Labute approximate surface area is 142 Å². The molecule has 0 aromatic heterocycles. The maximum absolute atomic E-state index is 13.1. The Morgan fingerprint density at radius 3 is 2.62 bits per heavy atom. The number of rotatable bonds is 3. The third-order valence-electron chi connectivity index (χ3n) is 4.95. The van der Waals surface area contributed by atoms with Crippen molar-refractivity contribution in [1.29, 1.82) is 0 Å². The van der Waals surface area contributed by atoms with Crippen molar-refractivity contribution in [2.45, 2.75) is 31.3 Å². The van der Waals surface area contributed by atoms with Crippen LogP contribution in [0.5, 0.6) is 11.5 Å². The van der Waals surface area contributed by atoms with Gasteiger partial charge in [0.15, 0.2) is 0 Å². The summed E-state index contributed by atoms with van der Waals surface area (Å²) in [6, 6.07) is 17.9. The molecular weight excluding hydrogens is 300 g/mol. The fourth-order valence-corrected chi connectivity index (χ4v) is 3.78. The topological polar surface area (TPSA) is 41.6 Å². The van der Waals surface area contributed by atoms with Gasteiger partial charge in [0.05, 0.1) is 0 Å². The summed E-state index contributed by atoms with van der Waals surface area (Å²) in [5.74, 6) is 1.61. The summed E-state index contributed by atoms with van der Waals surface area (Å²) in [5.41, 5.74) is 0.710. The number of hydrogen-bond acceptors (Lipinski definition) is 3. The van der Waals surface area contributed by atoms with E-state index in [0.717, 1.165) is 38.1 Å². The van der Waals surface area contributed by atoms with Crippen LogP contribution in [-0.2, 0) is 0 Å². The molecule has 4 nitrogen and oxygen atoms in total. The Hall–Kier alpha value is -2.33. The van der Waals surface area contributed by atoms with E-state index < -0.39 is 0 Å². The molecule has 2 saturated heterocycles. The van der Waals surface area contributed by atoms with Crippen molar-refractivity contribution < 1.29 is 9.53 Å². The Kier molecular flexibility index (Phi) is 4.22. The van der Waals surface area contributed by atoms with Crippen molar-refractivity contribution >= 4 is 5.91 Å². The molecule has 2 bridgehead atoms. The molecule has 0 unspecified atom stereocenters. The van der Waals surface area contributed by atoms with Gasteiger partial charge in [-0.25, -0.2) is 0 Å². The molecule has 4 rings (SSSR count). The largest absolute Gasteiger partial charge is 0.457 e. The molecule has 2 fully saturated rings. The lowest BCUT2D eigenvalue weighted by Crippen LogP contribution is -2.42. The summed E-state index contributed by atoms with van der Waals surface area (Å²) >= 11 is 0. The summed E-state index contributed by atoms with van der Waals surface area (Å²) in [4.78, 5) is 15.2. The smallest absolute Gasteiger partial charge is 0.254 e. The van der Waals surface area contributed by atoms with Gasteiger partial charge < -0.3 is 15.0 Å². The second-order valence-corrected chi connectivity index (χ2v) is 6.53. The molecule has 0 saturated carbocycles. The van der Waals surface area contributed by atoms with E-state index in [9.17, 15) is 4.79 Å². The number of carbonyl (C=O) groups excluding carboxylic acids is 1. The summed E-state index contributed by atoms with van der Waals surface area (Å²) in [7, 11) is 0. The van der Waals surface area contributed by atoms with E-state index in [1.54, 1.807) is 0 Å². The van der Waals surface area contributed by atoms with Crippen LogP contribution >= 0.6 is 0 Å². The highest BCUT2D eigenvalue weighted by Gasteiger charge is 2.38. The minimum atomic E-state index is 0.129. The first-order chi connectivity index (χ1) is 11.8. The summed E-state index contributed by atoms with van der Waals surface area (Å²) < 4.78 is 5.87. The zero-order valence-electron chi connectivity index (χ0n) is 13.7. The average Bonchev–Trinajstić information content (AvgIpc) is 2.88. The maximum atomic E-state index is 13.1. The molecular formula is C20H22N2O2. The van der Waals surface area contributed by atoms with Crippen LogP contribution in [-0.4, -0.2) is 36.0 Å². The molecule has 0 radical (unpaired) electrons. The molecule has 2 atom stereocenters. The molecule has 24 heavy (non-hydrogen) atoms. The van der Waals surface area contributed by atoms with Crippen molar-refractivity contribution in [3.05, 3.63) is 60.2 Å². The predicted octanol–water partition coefficient (Wildman–Crippen LogP) is 3.45. The van der Waals surface area contributed by atoms with Crippen LogP contribution in [0.2, 0.25) is 0 Å². The molecule has 1 amide bonds. The fraction of sp³-hybridized carbons (Fsp3) is 0.350. The normalized spacial score (nSPS) is 22.9. The molecule has 1 N–H and O–H groups in total. The molecule has 2 aliphatic heterocycles. The molecule has 2 aromatic rings. The van der Waals surface area contributed by atoms with E-state index in [0.29, 0.717) is 23.4 Å². The highest BCUT2D eigenvalue weighted by Crippen LogP contribution is 2.30. The van der Waals surface area contributed by atoms with Crippen LogP contribution in [0.4, 0.5) is 0 Å². The quantitative estimate of drug-likeness (QED) is 0.941. The van der Waals surface area contributed by atoms with Crippen molar-refractivity contribution in [2.24, 2.45) is 0 Å². The van der Waals surface area contributed by atoms with Gasteiger partial charge in [0.2, 0.25) is 0 Å². The second-order valence-electron chi connectivity index (χ2n) is 6.53. The number of nitrogens with one attached hydrogen (secondary N) is 1. The van der Waals surface area contributed by atoms with Crippen LogP contribution in [0, 0.1) is 0 Å². The first kappa shape index (κ1) is 15.2. The van der Waals surface area contributed by atoms with Gasteiger partial charge in [0.25, 0.3) is 5.91 Å². The predicted molar refractivity (Wildman–Crippen MR) is 93.4 cm³/mol. The monoisotopic (exact) mass is 322 g/mol. The van der Waals surface area contributed by atoms with Crippen LogP contribution in [0.1, 0.15) is 29.6 Å². The molecule has 124 valence electrons. The minimum absolute atomic E-state index is 0.129. The van der Waals surface area contributed by atoms with Crippen LogP contribution in [0.3, 0.4) is 0 Å². The Balaban J connectivity index is 1.55. The summed E-state index contributed by atoms with van der Waals surface area (Å²) in [6.07, 6.45) is 3.27. The lowest BCUT2D eigenvalue weighted by molar-refractivity contribution is 0.0680. The zero-order chi connectivity index (χ0) is 16.4. The zero-order valence-corrected chi connectivity index (χ0v) is 13.7. The number of ether oxygens (including phenoxy) is 1. The minimum Gasteiger partial charge on any atom is -0.457 e. The molecule has 2 aromatic carbocycles. The van der Waals surface area contributed by atoms with Gasteiger partial charge in [-0.15, -0.1) is 0 Å². The molecule has 2 aliphatic rings. The Morgan fingerprint density at radius 2 is 1.75 bits per heavy atom. The molecule has 0 spiro atoms. The van der Waals surface area contributed by atoms with Gasteiger partial charge in [-0.3, -0.25) is 4.79 Å². The van der Waals surface area contributed by atoms with E-state index in [-0.39, 0.29) is 5.91 Å². The standard InChI is InChI=1S/C20H22N2O2/c23-20(22-16-9-10-17(22)14-21-12-11-16)15-5-4-8-19(13-15)24-18-6-2-1-3-7-18/h1-8,13,16-17,21H,9-12,14H2/t16-,17+/m0/s1. The number of amides is 1. The first-order valence-corrected chi connectivity index (χ1v) is 8.67. The van der Waals surface area contributed by atoms with E-state index in [1.165, 1.54) is 0 Å². The SMILES string of the molecule is O=C(c1cccc(Oc2ccccc2)c1)N1[C@@H]2CCNC[C@H]1CC2. The van der Waals surface area contributed by atoms with E-state index in [2.05, 4.69) is 10.2 Å². The number of nitrogens with zero attached hydrogens (tertiary/aromatic N) is 1. The van der Waals surface area contributed by atoms with E-state index in [4.69, 9.17) is 4.74 Å². The van der Waals surface area contributed by atoms with Crippen LogP contribution in [0.15, 0.2) is 54.6 Å². The highest BCUT2D eigenvalue weighted by molar-refractivity contribution is 5.95. The number of carbonyl (C=O) groups is 1. The molecule has 2 heterocycles. The van der Waals surface area contributed by atoms with Crippen LogP contribution < -0.4 is 10.1 Å². The Bertz CT molecular complexity index is 703. The van der Waals surface area contributed by atoms with Gasteiger partial charge in [-0.2, -0.15) is 0 Å². The lowest BCUT2D eigenvalue weighted by Gasteiger charge is -2.28. The summed E-state index contributed by atoms with van der Waals surface area (Å²) in [5, 5.41) is 3.44. The number of fused-ring (bicyclic) bond motifs is 2. The number of hydrogen-bond donors (Lipinski definition) is 1. The van der Waals surface area contributed by atoms with E-state index in [1.807, 2.05) is 54.6 Å². The van der Waals surface area contributed by atoms with Crippen molar-refractivity contribution in [3.8, 4) is 11.5 Å². The number of benzene rings is 2. The van der Waals surface area contributed by atoms with Gasteiger partial charge >= 0.3 is 0 Å². The first-order valence-electron chi connectivity index (χ1n) is 8.67. The van der Waals surface area contributed by atoms with Crippen LogP contribution in [0.25, 0.3) is 0 Å². The van der Waals surface area contributed by atoms with Crippen molar-refractivity contribution in [3.63, 3.8) is 0 Å². The Morgan fingerprint density at radius 1 is 0.958 bits per heavy atom. The van der Waals surface area contributed by atoms with E-state index >= 15 is 0 Å². The van der Waals surface area contributed by atoms with Gasteiger partial charge in [0.1, 0.15) is 11.5 Å². The maximum Gasteiger partial charge on any atom is 0.254 e. The highest BCUT2D eigenvalue weighted by atomic mass is 16.5. The lowest BCUT2D eigenvalue weighted by atomic mass is 10.1. The third kappa shape index (κ3) is 3.02. The molecule has 4 heteroatoms. The average molecular weight is 322 g/mol. The van der Waals surface area contributed by atoms with Gasteiger partial charge in [0, 0.05) is 24.2 Å². The van der Waals surface area contributed by atoms with Crippen molar-refractivity contribution in [2.75, 3.05) is 13.1 Å². The van der Waals surface area contributed by atoms with Crippen molar-refractivity contribution in [1.82, 2.24) is 10.2 Å². The second kappa shape index (κ2) is 6.65. The summed E-state index contributed by atoms with van der Waals surface area (Å²) in [6.45, 7) is 1.91.